The molecule has 5 rings (SSSR count). The highest BCUT2D eigenvalue weighted by molar-refractivity contribution is 6.68. The maximum absolute atomic E-state index is 13.3. The van der Waals surface area contributed by atoms with Crippen molar-refractivity contribution in [1.29, 1.82) is 0 Å². The second-order valence-electron chi connectivity index (χ2n) is 12.1. The molecule has 0 aromatic carbocycles. The van der Waals surface area contributed by atoms with Gasteiger partial charge in [-0.15, -0.1) is 0 Å². The van der Waals surface area contributed by atoms with Crippen molar-refractivity contribution >= 4 is 36.6 Å². The van der Waals surface area contributed by atoms with Crippen LogP contribution in [0, 0.1) is 0 Å². The average molecular weight is 506 g/mol. The molecule has 3 aliphatic rings. The highest BCUT2D eigenvalue weighted by Crippen LogP contribution is 2.36. The summed E-state index contributed by atoms with van der Waals surface area (Å²) in [6, 6.07) is 7.14. The summed E-state index contributed by atoms with van der Waals surface area (Å²) >= 11 is 0. The Morgan fingerprint density at radius 3 is 2.35 bits per heavy atom. The molecule has 0 bridgehead atoms. The molecule has 8 nitrogen and oxygen atoms in total. The Morgan fingerprint density at radius 2 is 1.81 bits per heavy atom. The summed E-state index contributed by atoms with van der Waals surface area (Å²) in [4.78, 5) is 23.1. The van der Waals surface area contributed by atoms with E-state index in [1.165, 1.54) is 0 Å². The van der Waals surface area contributed by atoms with Gasteiger partial charge in [0.1, 0.15) is 0 Å². The van der Waals surface area contributed by atoms with E-state index in [1.54, 1.807) is 4.57 Å². The molecule has 0 N–H and O–H groups in total. The van der Waals surface area contributed by atoms with Crippen LogP contribution < -0.4 is 27.0 Å². The predicted octanol–water partition coefficient (Wildman–Crippen LogP) is 0.420. The number of anilines is 1. The van der Waals surface area contributed by atoms with Crippen LogP contribution in [-0.2, 0) is 14.0 Å². The molecular formula is C27H40B2N4O4. The minimum absolute atomic E-state index is 0.00543. The molecular weight excluding hydrogens is 466 g/mol. The monoisotopic (exact) mass is 506 g/mol. The Morgan fingerprint density at radius 1 is 1.11 bits per heavy atom. The molecule has 3 fully saturated rings. The number of aromatic nitrogens is 2. The van der Waals surface area contributed by atoms with E-state index in [0.29, 0.717) is 24.8 Å². The van der Waals surface area contributed by atoms with Gasteiger partial charge in [-0.3, -0.25) is 14.7 Å². The van der Waals surface area contributed by atoms with Gasteiger partial charge in [-0.1, -0.05) is 6.07 Å². The Hall–Kier alpha value is -2.13. The van der Waals surface area contributed by atoms with Crippen LogP contribution in [0.4, 0.5) is 5.69 Å². The zero-order valence-electron chi connectivity index (χ0n) is 23.4. The molecule has 2 aromatic heterocycles. The van der Waals surface area contributed by atoms with Gasteiger partial charge in [-0.05, 0) is 71.5 Å². The standard InChI is InChI=1S/C27H40B2N4O4/c1-18(2)33-15-20(29-36-26(4,5)27(6,7)37-29)12-23(25(33)34)28-24-9-8-21(13-30-24)32-11-10-31(14-19(32)3)22-16-35-17-22/h8-9,12-13,15,18-19,22,28H,10-11,14,16-17H2,1-7H3/t19-/m0/s1. The van der Waals surface area contributed by atoms with E-state index >= 15 is 0 Å². The molecule has 3 saturated heterocycles. The lowest BCUT2D eigenvalue weighted by atomic mass is 9.65. The maximum atomic E-state index is 13.3. The van der Waals surface area contributed by atoms with E-state index in [1.807, 2.05) is 60.0 Å². The second-order valence-corrected chi connectivity index (χ2v) is 12.1. The summed E-state index contributed by atoms with van der Waals surface area (Å²) in [7, 11) is -0.0548. The van der Waals surface area contributed by atoms with Crippen molar-refractivity contribution in [2.45, 2.75) is 77.8 Å². The Kier molecular flexibility index (Phi) is 7.07. The molecule has 1 atom stereocenters. The quantitative estimate of drug-likeness (QED) is 0.527. The van der Waals surface area contributed by atoms with Gasteiger partial charge < -0.3 is 23.5 Å². The molecule has 198 valence electrons. The highest BCUT2D eigenvalue weighted by atomic mass is 16.7. The van der Waals surface area contributed by atoms with Crippen LogP contribution >= 0.6 is 0 Å². The zero-order valence-corrected chi connectivity index (χ0v) is 23.4. The van der Waals surface area contributed by atoms with Gasteiger partial charge in [0, 0.05) is 49.7 Å². The number of nitrogens with zero attached hydrogens (tertiary/aromatic N) is 4. The summed E-state index contributed by atoms with van der Waals surface area (Å²) < 4.78 is 19.7. The number of hydrogen-bond acceptors (Lipinski definition) is 7. The molecule has 2 aromatic rings. The van der Waals surface area contributed by atoms with Crippen LogP contribution in [0.5, 0.6) is 0 Å². The van der Waals surface area contributed by atoms with E-state index in [-0.39, 0.29) is 11.6 Å². The van der Waals surface area contributed by atoms with Gasteiger partial charge in [0.15, 0.2) is 0 Å². The molecule has 0 unspecified atom stereocenters. The van der Waals surface area contributed by atoms with E-state index in [9.17, 15) is 4.79 Å². The van der Waals surface area contributed by atoms with Crippen molar-refractivity contribution in [3.63, 3.8) is 0 Å². The summed E-state index contributed by atoms with van der Waals surface area (Å²) in [5.74, 6) is 0. The SMILES string of the molecule is CC(C)n1cc(B2OC(C)(C)C(C)(C)O2)cc(Bc2ccc(N3CCN(C4COC4)C[C@@H]3C)cn2)c1=O. The van der Waals surface area contributed by atoms with Crippen molar-refractivity contribution in [2.24, 2.45) is 0 Å². The summed E-state index contributed by atoms with van der Waals surface area (Å²) in [6.45, 7) is 19.3. The molecule has 10 heteroatoms. The fraction of sp³-hybridized carbons (Fsp3) is 0.630. The third kappa shape index (κ3) is 5.13. The highest BCUT2D eigenvalue weighted by Gasteiger charge is 2.52. The number of rotatable bonds is 6. The van der Waals surface area contributed by atoms with E-state index < -0.39 is 18.3 Å². The largest absolute Gasteiger partial charge is 0.496 e. The maximum Gasteiger partial charge on any atom is 0.496 e. The molecule has 0 amide bonds. The molecule has 37 heavy (non-hydrogen) atoms. The van der Waals surface area contributed by atoms with Gasteiger partial charge in [-0.25, -0.2) is 0 Å². The summed E-state index contributed by atoms with van der Waals surface area (Å²) in [6.07, 6.45) is 3.83. The smallest absolute Gasteiger partial charge is 0.399 e. The first-order valence-corrected chi connectivity index (χ1v) is 13.6. The molecule has 0 saturated carbocycles. The summed E-state index contributed by atoms with van der Waals surface area (Å²) in [5, 5.41) is 0. The van der Waals surface area contributed by atoms with Gasteiger partial charge in [0.25, 0.3) is 0 Å². The number of piperazine rings is 1. The lowest BCUT2D eigenvalue weighted by Crippen LogP contribution is -2.59. The average Bonchev–Trinajstić information content (AvgIpc) is 3.01. The predicted molar refractivity (Wildman–Crippen MR) is 150 cm³/mol. The third-order valence-electron chi connectivity index (χ3n) is 8.53. The van der Waals surface area contributed by atoms with Crippen LogP contribution in [0.15, 0.2) is 35.4 Å². The van der Waals surface area contributed by atoms with Gasteiger partial charge in [0.2, 0.25) is 12.8 Å². The summed E-state index contributed by atoms with van der Waals surface area (Å²) in [5.41, 5.74) is 2.69. The third-order valence-corrected chi connectivity index (χ3v) is 8.53. The first kappa shape index (κ1) is 26.5. The van der Waals surface area contributed by atoms with Crippen LogP contribution in [0.3, 0.4) is 0 Å². The van der Waals surface area contributed by atoms with Crippen molar-refractivity contribution in [3.05, 3.63) is 40.9 Å². The topological polar surface area (TPSA) is 69.1 Å². The van der Waals surface area contributed by atoms with Crippen molar-refractivity contribution < 1.29 is 14.0 Å². The Balaban J connectivity index is 1.34. The fourth-order valence-corrected chi connectivity index (χ4v) is 5.32. The number of hydrogen-bond donors (Lipinski definition) is 0. The lowest BCUT2D eigenvalue weighted by molar-refractivity contribution is -0.0691. The molecule has 0 aliphatic carbocycles. The normalized spacial score (nSPS) is 23.9. The molecule has 0 radical (unpaired) electrons. The van der Waals surface area contributed by atoms with Gasteiger partial charge >= 0.3 is 7.12 Å². The Labute approximate surface area is 221 Å². The van der Waals surface area contributed by atoms with Crippen molar-refractivity contribution in [2.75, 3.05) is 37.7 Å². The lowest BCUT2D eigenvalue weighted by Gasteiger charge is -2.46. The van der Waals surface area contributed by atoms with Crippen LogP contribution in [0.1, 0.15) is 54.5 Å². The number of ether oxygens (including phenoxy) is 1. The van der Waals surface area contributed by atoms with Crippen LogP contribution in [0.2, 0.25) is 0 Å². The Bertz CT molecular complexity index is 1160. The van der Waals surface area contributed by atoms with Crippen molar-refractivity contribution in [1.82, 2.24) is 14.5 Å². The van der Waals surface area contributed by atoms with E-state index in [2.05, 4.69) is 28.9 Å². The fourth-order valence-electron chi connectivity index (χ4n) is 5.32. The molecule has 0 spiro atoms. The molecule has 3 aliphatic heterocycles. The van der Waals surface area contributed by atoms with Crippen molar-refractivity contribution in [3.8, 4) is 0 Å². The van der Waals surface area contributed by atoms with E-state index in [4.69, 9.17) is 19.0 Å². The first-order valence-electron chi connectivity index (χ1n) is 13.6. The molecule has 5 heterocycles. The first-order chi connectivity index (χ1) is 17.4. The zero-order chi connectivity index (χ0) is 26.5. The number of pyridine rings is 2. The van der Waals surface area contributed by atoms with Gasteiger partial charge in [0.05, 0.1) is 36.1 Å². The van der Waals surface area contributed by atoms with Crippen LogP contribution in [0.25, 0.3) is 0 Å². The second kappa shape index (κ2) is 9.88. The van der Waals surface area contributed by atoms with E-state index in [0.717, 1.165) is 49.6 Å². The van der Waals surface area contributed by atoms with Crippen LogP contribution in [-0.4, -0.2) is 85.0 Å². The minimum Gasteiger partial charge on any atom is -0.399 e. The minimum atomic E-state index is -0.517. The van der Waals surface area contributed by atoms with Gasteiger partial charge in [-0.2, -0.15) is 0 Å².